The fraction of sp³-hybridized carbons (Fsp3) is 0.143. The summed E-state index contributed by atoms with van der Waals surface area (Å²) in [6, 6.07) is 38.1. The fourth-order valence-electron chi connectivity index (χ4n) is 6.98. The van der Waals surface area contributed by atoms with E-state index in [9.17, 15) is 0 Å². The summed E-state index contributed by atoms with van der Waals surface area (Å²) in [4.78, 5) is 9.48. The quantitative estimate of drug-likeness (QED) is 0.149. The van der Waals surface area contributed by atoms with Crippen molar-refractivity contribution in [1.82, 2.24) is 29.1 Å². The van der Waals surface area contributed by atoms with Gasteiger partial charge in [0.2, 0.25) is 0 Å². The van der Waals surface area contributed by atoms with E-state index in [-0.39, 0.29) is 21.1 Å². The normalized spacial score (nSPS) is 11.7. The molecule has 0 spiro atoms. The van der Waals surface area contributed by atoms with Crippen LogP contribution in [0, 0.1) is 12.1 Å². The second-order valence-corrected chi connectivity index (χ2v) is 13.1. The van der Waals surface area contributed by atoms with Crippen LogP contribution in [-0.4, -0.2) is 29.1 Å². The molecule has 0 aliphatic carbocycles. The van der Waals surface area contributed by atoms with Gasteiger partial charge in [0.25, 0.3) is 0 Å². The second-order valence-electron chi connectivity index (χ2n) is 13.1. The molecule has 0 saturated heterocycles. The van der Waals surface area contributed by atoms with E-state index in [4.69, 9.17) is 14.1 Å². The van der Waals surface area contributed by atoms with Crippen LogP contribution in [0.4, 0.5) is 0 Å². The minimum Gasteiger partial charge on any atom is -0.503 e. The van der Waals surface area contributed by atoms with E-state index < -0.39 is 0 Å². The molecule has 0 N–H and O–H groups in total. The molecule has 252 valence electrons. The van der Waals surface area contributed by atoms with Crippen molar-refractivity contribution in [2.24, 2.45) is 0 Å². The van der Waals surface area contributed by atoms with Crippen LogP contribution in [0.5, 0.6) is 11.5 Å². The molecule has 0 aliphatic rings. The number of oxazole rings is 1. The van der Waals surface area contributed by atoms with E-state index in [1.165, 1.54) is 16.7 Å². The Balaban J connectivity index is 0.00000374. The molecule has 0 bridgehead atoms. The molecule has 0 unspecified atom stereocenters. The minimum absolute atomic E-state index is 0. The number of hydrogen-bond acceptors (Lipinski definition) is 6. The number of pyridine rings is 2. The summed E-state index contributed by atoms with van der Waals surface area (Å²) in [6.45, 7) is 8.96. The van der Waals surface area contributed by atoms with Crippen molar-refractivity contribution in [1.29, 1.82) is 0 Å². The first-order valence-electron chi connectivity index (χ1n) is 16.8. The van der Waals surface area contributed by atoms with Crippen LogP contribution < -0.4 is 4.74 Å². The van der Waals surface area contributed by atoms with E-state index in [2.05, 4.69) is 108 Å². The first kappa shape index (κ1) is 32.6. The molecule has 5 heterocycles. The summed E-state index contributed by atoms with van der Waals surface area (Å²) < 4.78 is 16.8. The zero-order chi connectivity index (χ0) is 33.9. The molecule has 4 aromatic carbocycles. The zero-order valence-electron chi connectivity index (χ0n) is 28.4. The van der Waals surface area contributed by atoms with Gasteiger partial charge in [-0.15, -0.1) is 34.2 Å². The summed E-state index contributed by atoms with van der Waals surface area (Å²) in [5.41, 5.74) is 9.77. The van der Waals surface area contributed by atoms with Crippen LogP contribution in [0.2, 0.25) is 0 Å². The van der Waals surface area contributed by atoms with Gasteiger partial charge < -0.3 is 18.7 Å². The Bertz CT molecular complexity index is 2680. The van der Waals surface area contributed by atoms with Crippen molar-refractivity contribution in [2.75, 3.05) is 0 Å². The summed E-state index contributed by atoms with van der Waals surface area (Å²) >= 11 is 0. The third-order valence-corrected chi connectivity index (χ3v) is 9.27. The number of aromatic nitrogens is 6. The molecule has 8 nitrogen and oxygen atoms in total. The summed E-state index contributed by atoms with van der Waals surface area (Å²) in [7, 11) is 0. The maximum atomic E-state index is 6.70. The first-order chi connectivity index (χ1) is 24.4. The predicted octanol–water partition coefficient (Wildman–Crippen LogP) is 10.3. The number of ether oxygens (including phenoxy) is 1. The maximum absolute atomic E-state index is 6.70. The molecule has 9 aromatic rings. The van der Waals surface area contributed by atoms with E-state index in [1.54, 1.807) is 18.7 Å². The molecule has 51 heavy (non-hydrogen) atoms. The minimum atomic E-state index is 0. The third-order valence-electron chi connectivity index (χ3n) is 9.27. The van der Waals surface area contributed by atoms with Gasteiger partial charge in [-0.2, -0.15) is 6.07 Å². The van der Waals surface area contributed by atoms with Crippen molar-refractivity contribution >= 4 is 38.7 Å². The Morgan fingerprint density at radius 3 is 2.31 bits per heavy atom. The Kier molecular flexibility index (Phi) is 8.27. The van der Waals surface area contributed by atoms with Crippen molar-refractivity contribution in [3.63, 3.8) is 0 Å². The molecule has 5 aromatic heterocycles. The van der Waals surface area contributed by atoms with Gasteiger partial charge in [-0.25, -0.2) is 9.38 Å². The van der Waals surface area contributed by atoms with Gasteiger partial charge in [-0.3, -0.25) is 0 Å². The molecule has 9 heteroatoms. The smallest absolute Gasteiger partial charge is 0.503 e. The third kappa shape index (κ3) is 5.51. The number of para-hydroxylation sites is 1. The summed E-state index contributed by atoms with van der Waals surface area (Å²) in [5, 5.41) is 10.2. The molecule has 0 radical (unpaired) electrons. The van der Waals surface area contributed by atoms with E-state index in [0.29, 0.717) is 40.6 Å². The van der Waals surface area contributed by atoms with Gasteiger partial charge in [0.15, 0.2) is 11.4 Å². The SMILES string of the molecule is CC(C)c1cccc(C(C)C)c1-c1cc(Oc2[c-]c3c(cc2)c2ccccc2n3-c2nccc3c2oc2nncn23)[c-]c(-c2ccccn2)c1.[Pt+2]. The van der Waals surface area contributed by atoms with Gasteiger partial charge in [0.05, 0.1) is 5.52 Å². The second kappa shape index (κ2) is 12.9. The molecular weight excluding hydrogens is 816 g/mol. The number of nitrogens with zero attached hydrogens (tertiary/aromatic N) is 6. The molecule has 9 rings (SSSR count). The first-order valence-corrected chi connectivity index (χ1v) is 16.8. The largest absolute Gasteiger partial charge is 2.00 e. The Morgan fingerprint density at radius 1 is 0.725 bits per heavy atom. The molecule has 0 saturated carbocycles. The number of hydrogen-bond donors (Lipinski definition) is 0. The van der Waals surface area contributed by atoms with Crippen LogP contribution in [0.1, 0.15) is 50.7 Å². The zero-order valence-corrected chi connectivity index (χ0v) is 30.6. The molecular formula is C42H32N6O2Pt. The molecule has 0 atom stereocenters. The van der Waals surface area contributed by atoms with Crippen LogP contribution >= 0.6 is 0 Å². The summed E-state index contributed by atoms with van der Waals surface area (Å²) in [5.74, 6) is 2.83. The van der Waals surface area contributed by atoms with Gasteiger partial charge >= 0.3 is 26.9 Å². The van der Waals surface area contributed by atoms with E-state index in [0.717, 1.165) is 44.1 Å². The van der Waals surface area contributed by atoms with Gasteiger partial charge in [-0.1, -0.05) is 105 Å². The maximum Gasteiger partial charge on any atom is 2.00 e. The Morgan fingerprint density at radius 2 is 1.53 bits per heavy atom. The predicted molar refractivity (Wildman–Crippen MR) is 196 cm³/mol. The van der Waals surface area contributed by atoms with Crippen LogP contribution in [0.3, 0.4) is 0 Å². The van der Waals surface area contributed by atoms with Crippen molar-refractivity contribution in [2.45, 2.75) is 39.5 Å². The number of fused-ring (bicyclic) bond motifs is 6. The number of rotatable bonds is 7. The molecule has 0 aliphatic heterocycles. The summed E-state index contributed by atoms with van der Waals surface area (Å²) in [6.07, 6.45) is 5.22. The topological polar surface area (TPSA) is 83.3 Å². The van der Waals surface area contributed by atoms with Crippen LogP contribution in [0.25, 0.3) is 67.0 Å². The molecule has 0 fully saturated rings. The van der Waals surface area contributed by atoms with Gasteiger partial charge in [0.1, 0.15) is 6.33 Å². The van der Waals surface area contributed by atoms with Crippen molar-refractivity contribution < 1.29 is 30.2 Å². The molecule has 0 amide bonds. The fourth-order valence-corrected chi connectivity index (χ4v) is 6.98. The Labute approximate surface area is 309 Å². The van der Waals surface area contributed by atoms with Crippen molar-refractivity contribution in [3.8, 4) is 39.7 Å². The van der Waals surface area contributed by atoms with E-state index in [1.807, 2.05) is 46.9 Å². The van der Waals surface area contributed by atoms with Gasteiger partial charge in [-0.05, 0) is 57.8 Å². The monoisotopic (exact) mass is 847 g/mol. The van der Waals surface area contributed by atoms with Crippen LogP contribution in [-0.2, 0) is 21.1 Å². The van der Waals surface area contributed by atoms with Crippen LogP contribution in [0.15, 0.2) is 114 Å². The van der Waals surface area contributed by atoms with E-state index >= 15 is 0 Å². The van der Waals surface area contributed by atoms with Gasteiger partial charge in [0, 0.05) is 29.4 Å². The average molecular weight is 848 g/mol. The standard InChI is InChI=1S/C42H32N6O2.Pt/c1-25(2)31-11-9-12-32(26(3)4)39(31)28-20-27(35-13-7-8-18-43-35)21-30(22-28)49-29-15-16-34-33-10-5-6-14-36(33)48(38(34)23-29)41-40-37(17-19-44-41)47-24-45-46-42(47)50-40;/h5-20,22,24-26H,1-4H3;/q-2;+2. The number of benzene rings is 4. The Hall–Kier alpha value is -5.59. The average Bonchev–Trinajstić information content (AvgIpc) is 3.83. The van der Waals surface area contributed by atoms with Crippen molar-refractivity contribution in [3.05, 3.63) is 133 Å².